The van der Waals surface area contributed by atoms with Gasteiger partial charge in [-0.05, 0) is 70.6 Å². The highest BCUT2D eigenvalue weighted by Crippen LogP contribution is 2.15. The van der Waals surface area contributed by atoms with Gasteiger partial charge >= 0.3 is 17.9 Å². The Morgan fingerprint density at radius 2 is 0.632 bits per heavy atom. The monoisotopic (exact) mass is 945 g/mol. The summed E-state index contributed by atoms with van der Waals surface area (Å²) in [6, 6.07) is 0. The molecule has 0 heterocycles. The molecule has 0 rings (SSSR count). The lowest BCUT2D eigenvalue weighted by Crippen LogP contribution is -2.30. The quantitative estimate of drug-likeness (QED) is 0.0199. The van der Waals surface area contributed by atoms with Crippen molar-refractivity contribution >= 4 is 17.9 Å². The Morgan fingerprint density at radius 3 is 1.06 bits per heavy atom. The second kappa shape index (κ2) is 55.9. The molecular formula is C62H104O6. The van der Waals surface area contributed by atoms with E-state index in [9.17, 15) is 14.4 Å². The van der Waals surface area contributed by atoms with Crippen LogP contribution >= 0.6 is 0 Å². The first-order valence-corrected chi connectivity index (χ1v) is 28.3. The Hall–Kier alpha value is -3.67. The van der Waals surface area contributed by atoms with Crippen molar-refractivity contribution in [1.82, 2.24) is 0 Å². The highest BCUT2D eigenvalue weighted by Gasteiger charge is 2.19. The van der Waals surface area contributed by atoms with Crippen molar-refractivity contribution in [2.45, 2.75) is 264 Å². The lowest BCUT2D eigenvalue weighted by atomic mass is 10.0. The van der Waals surface area contributed by atoms with Crippen molar-refractivity contribution in [3.63, 3.8) is 0 Å². The van der Waals surface area contributed by atoms with Gasteiger partial charge in [0.05, 0.1) is 0 Å². The first kappa shape index (κ1) is 64.3. The number of hydrogen-bond donors (Lipinski definition) is 0. The molecular weight excluding hydrogens is 841 g/mol. The first-order valence-electron chi connectivity index (χ1n) is 28.3. The van der Waals surface area contributed by atoms with Crippen molar-refractivity contribution in [2.75, 3.05) is 13.2 Å². The van der Waals surface area contributed by atoms with E-state index in [1.807, 2.05) is 24.3 Å². The van der Waals surface area contributed by atoms with Gasteiger partial charge in [0.25, 0.3) is 0 Å². The van der Waals surface area contributed by atoms with Crippen LogP contribution in [-0.2, 0) is 28.6 Å². The molecule has 6 heteroatoms. The third-order valence-electron chi connectivity index (χ3n) is 11.9. The van der Waals surface area contributed by atoms with E-state index in [0.29, 0.717) is 19.3 Å². The largest absolute Gasteiger partial charge is 0.462 e. The molecule has 0 bridgehead atoms. The van der Waals surface area contributed by atoms with Gasteiger partial charge in [-0.15, -0.1) is 0 Å². The van der Waals surface area contributed by atoms with Gasteiger partial charge in [0.15, 0.2) is 6.10 Å². The third-order valence-corrected chi connectivity index (χ3v) is 11.9. The molecule has 0 amide bonds. The van der Waals surface area contributed by atoms with Crippen molar-refractivity contribution in [3.05, 3.63) is 97.2 Å². The molecule has 388 valence electrons. The van der Waals surface area contributed by atoms with Crippen LogP contribution in [0.3, 0.4) is 0 Å². The molecule has 0 aliphatic rings. The Morgan fingerprint density at radius 1 is 0.309 bits per heavy atom. The molecule has 0 saturated heterocycles. The summed E-state index contributed by atoms with van der Waals surface area (Å²) in [5, 5.41) is 0. The molecule has 0 radical (unpaired) electrons. The minimum absolute atomic E-state index is 0.105. The zero-order chi connectivity index (χ0) is 49.3. The maximum Gasteiger partial charge on any atom is 0.306 e. The number of carbonyl (C=O) groups excluding carboxylic acids is 3. The van der Waals surface area contributed by atoms with E-state index in [1.165, 1.54) is 128 Å². The molecule has 0 aromatic rings. The molecule has 0 N–H and O–H groups in total. The van der Waals surface area contributed by atoms with Crippen molar-refractivity contribution < 1.29 is 28.6 Å². The van der Waals surface area contributed by atoms with Crippen LogP contribution < -0.4 is 0 Å². The SMILES string of the molecule is CCC\C=C/C=C\C=C/C=C\C=C/CCCCCCCC(=O)OCC(COC(=O)CCCCCCCCCCCCCCCCC)OC(=O)CCC/C=C\C/C=C\C/C=C\CCCCCCCC. The van der Waals surface area contributed by atoms with Crippen molar-refractivity contribution in [2.24, 2.45) is 0 Å². The van der Waals surface area contributed by atoms with Gasteiger partial charge < -0.3 is 14.2 Å². The predicted molar refractivity (Wildman–Crippen MR) is 293 cm³/mol. The smallest absolute Gasteiger partial charge is 0.306 e. The summed E-state index contributed by atoms with van der Waals surface area (Å²) in [4.78, 5) is 38.1. The molecule has 0 fully saturated rings. The van der Waals surface area contributed by atoms with E-state index in [-0.39, 0.29) is 37.5 Å². The van der Waals surface area contributed by atoms with Crippen LogP contribution in [0.4, 0.5) is 0 Å². The summed E-state index contributed by atoms with van der Waals surface area (Å²) >= 11 is 0. The summed E-state index contributed by atoms with van der Waals surface area (Å²) in [6.07, 6.45) is 73.9. The number of unbranched alkanes of at least 4 members (excludes halogenated alkanes) is 27. The summed E-state index contributed by atoms with van der Waals surface area (Å²) in [6.45, 7) is 6.49. The number of carbonyl (C=O) groups is 3. The average Bonchev–Trinajstić information content (AvgIpc) is 3.34. The Kier molecular flexibility index (Phi) is 52.9. The summed E-state index contributed by atoms with van der Waals surface area (Å²) in [5.74, 6) is -0.980. The molecule has 0 aliphatic heterocycles. The Labute approximate surface area is 419 Å². The molecule has 0 spiro atoms. The molecule has 0 saturated carbocycles. The fourth-order valence-corrected chi connectivity index (χ4v) is 7.67. The Bertz CT molecular complexity index is 1360. The second-order valence-electron chi connectivity index (χ2n) is 18.6. The maximum absolute atomic E-state index is 12.8. The van der Waals surface area contributed by atoms with Crippen LogP contribution in [0.25, 0.3) is 0 Å². The van der Waals surface area contributed by atoms with Crippen molar-refractivity contribution in [3.8, 4) is 0 Å². The van der Waals surface area contributed by atoms with Gasteiger partial charge in [-0.2, -0.15) is 0 Å². The topological polar surface area (TPSA) is 78.9 Å². The van der Waals surface area contributed by atoms with Crippen LogP contribution in [0.5, 0.6) is 0 Å². The molecule has 68 heavy (non-hydrogen) atoms. The molecule has 0 aromatic carbocycles. The maximum atomic E-state index is 12.8. The lowest BCUT2D eigenvalue weighted by Gasteiger charge is -2.18. The minimum atomic E-state index is -0.814. The second-order valence-corrected chi connectivity index (χ2v) is 18.6. The van der Waals surface area contributed by atoms with Gasteiger partial charge in [-0.3, -0.25) is 14.4 Å². The van der Waals surface area contributed by atoms with Crippen LogP contribution in [0, 0.1) is 0 Å². The number of rotatable bonds is 50. The van der Waals surface area contributed by atoms with Crippen LogP contribution in [-0.4, -0.2) is 37.2 Å². The van der Waals surface area contributed by atoms with Crippen molar-refractivity contribution in [1.29, 1.82) is 0 Å². The average molecular weight is 946 g/mol. The summed E-state index contributed by atoms with van der Waals surface area (Å²) in [5.41, 5.74) is 0. The number of hydrogen-bond acceptors (Lipinski definition) is 6. The standard InChI is InChI=1S/C62H104O6/c1-4-7-10-13-16-19-22-25-28-30-32-34-37-40-43-46-49-52-55-61(64)67-58-59(57-66-60(63)54-51-48-45-42-39-36-33-27-24-21-18-15-12-9-6-3)68-62(65)56-53-50-47-44-41-38-35-31-29-26-23-20-17-14-11-8-5-2/h10,13,16,19,22,25-26,28-30,32,34-35,38,44,47,59H,4-9,11-12,14-15,17-18,20-21,23-24,27,31,33,36-37,39-43,45-46,48-58H2,1-3H3/b13-10-,19-16-,25-22-,29-26-,30-28-,34-32-,38-35-,47-44-. The van der Waals surface area contributed by atoms with E-state index in [0.717, 1.165) is 83.5 Å². The van der Waals surface area contributed by atoms with Crippen LogP contribution in [0.2, 0.25) is 0 Å². The molecule has 0 aromatic heterocycles. The number of esters is 3. The molecule has 1 atom stereocenters. The summed E-state index contributed by atoms with van der Waals surface area (Å²) < 4.78 is 16.8. The molecule has 0 aliphatic carbocycles. The van der Waals surface area contributed by atoms with Crippen LogP contribution in [0.1, 0.15) is 258 Å². The van der Waals surface area contributed by atoms with E-state index in [1.54, 1.807) is 0 Å². The highest BCUT2D eigenvalue weighted by molar-refractivity contribution is 5.71. The molecule has 6 nitrogen and oxygen atoms in total. The van der Waals surface area contributed by atoms with E-state index in [4.69, 9.17) is 14.2 Å². The fraction of sp³-hybridized carbons (Fsp3) is 0.694. The minimum Gasteiger partial charge on any atom is -0.462 e. The summed E-state index contributed by atoms with van der Waals surface area (Å²) in [7, 11) is 0. The van der Waals surface area contributed by atoms with E-state index >= 15 is 0 Å². The normalized spacial score (nSPS) is 12.8. The van der Waals surface area contributed by atoms with E-state index in [2.05, 4.69) is 93.7 Å². The van der Waals surface area contributed by atoms with Gasteiger partial charge in [-0.1, -0.05) is 266 Å². The Balaban J connectivity index is 4.52. The molecule has 1 unspecified atom stereocenters. The van der Waals surface area contributed by atoms with Gasteiger partial charge in [0.2, 0.25) is 0 Å². The zero-order valence-electron chi connectivity index (χ0n) is 44.3. The van der Waals surface area contributed by atoms with Crippen LogP contribution in [0.15, 0.2) is 97.2 Å². The van der Waals surface area contributed by atoms with Gasteiger partial charge in [-0.25, -0.2) is 0 Å². The fourth-order valence-electron chi connectivity index (χ4n) is 7.67. The van der Waals surface area contributed by atoms with E-state index < -0.39 is 6.10 Å². The van der Waals surface area contributed by atoms with Gasteiger partial charge in [0.1, 0.15) is 13.2 Å². The number of allylic oxidation sites excluding steroid dienone is 16. The van der Waals surface area contributed by atoms with Gasteiger partial charge in [0, 0.05) is 19.3 Å². The highest BCUT2D eigenvalue weighted by atomic mass is 16.6. The third kappa shape index (κ3) is 53.3. The number of ether oxygens (including phenoxy) is 3. The lowest BCUT2D eigenvalue weighted by molar-refractivity contribution is -0.167. The predicted octanol–water partition coefficient (Wildman–Crippen LogP) is 18.9. The first-order chi connectivity index (χ1) is 33.5. The zero-order valence-corrected chi connectivity index (χ0v) is 44.3.